The van der Waals surface area contributed by atoms with Gasteiger partial charge in [0.2, 0.25) is 0 Å². The summed E-state index contributed by atoms with van der Waals surface area (Å²) in [6.07, 6.45) is 0.915. The van der Waals surface area contributed by atoms with E-state index in [1.54, 1.807) is 6.07 Å². The summed E-state index contributed by atoms with van der Waals surface area (Å²) in [5.74, 6) is -0.158. The molecule has 0 bridgehead atoms. The highest BCUT2D eigenvalue weighted by Gasteiger charge is 2.18. The van der Waals surface area contributed by atoms with Gasteiger partial charge in [-0.05, 0) is 44.0 Å². The molecule has 1 fully saturated rings. The summed E-state index contributed by atoms with van der Waals surface area (Å²) in [5, 5.41) is 0. The first-order valence-electron chi connectivity index (χ1n) is 6.96. The molecule has 0 unspecified atom stereocenters. The standard InChI is InChI=1S/C15H22BrFN2/c1-12(2)19-7-5-18(6-8-19)4-3-13-9-14(16)11-15(17)10-13/h9-12H,3-8H2,1-2H3. The second-order valence-electron chi connectivity index (χ2n) is 5.50. The third-order valence-electron chi connectivity index (χ3n) is 3.78. The molecule has 1 aliphatic rings. The zero-order valence-electron chi connectivity index (χ0n) is 11.7. The fourth-order valence-corrected chi connectivity index (χ4v) is 3.06. The van der Waals surface area contributed by atoms with Gasteiger partial charge in [-0.3, -0.25) is 4.90 Å². The van der Waals surface area contributed by atoms with E-state index in [1.807, 2.05) is 6.07 Å². The first kappa shape index (κ1) is 14.9. The zero-order chi connectivity index (χ0) is 13.8. The molecule has 106 valence electrons. The summed E-state index contributed by atoms with van der Waals surface area (Å²) in [7, 11) is 0. The van der Waals surface area contributed by atoms with Gasteiger partial charge in [-0.2, -0.15) is 0 Å². The third-order valence-corrected chi connectivity index (χ3v) is 4.23. The molecule has 1 aliphatic heterocycles. The van der Waals surface area contributed by atoms with Gasteiger partial charge < -0.3 is 4.90 Å². The highest BCUT2D eigenvalue weighted by molar-refractivity contribution is 9.10. The van der Waals surface area contributed by atoms with E-state index in [9.17, 15) is 4.39 Å². The Morgan fingerprint density at radius 2 is 1.84 bits per heavy atom. The average Bonchev–Trinajstić information content (AvgIpc) is 2.36. The van der Waals surface area contributed by atoms with E-state index in [4.69, 9.17) is 0 Å². The lowest BCUT2D eigenvalue weighted by Crippen LogP contribution is -2.49. The van der Waals surface area contributed by atoms with Gasteiger partial charge in [0.15, 0.2) is 0 Å². The molecule has 4 heteroatoms. The van der Waals surface area contributed by atoms with Crippen molar-refractivity contribution in [2.45, 2.75) is 26.3 Å². The van der Waals surface area contributed by atoms with Crippen LogP contribution in [0, 0.1) is 5.82 Å². The monoisotopic (exact) mass is 328 g/mol. The van der Waals surface area contributed by atoms with E-state index in [0.717, 1.165) is 49.2 Å². The van der Waals surface area contributed by atoms with Gasteiger partial charge in [0.25, 0.3) is 0 Å². The fraction of sp³-hybridized carbons (Fsp3) is 0.600. The molecule has 1 heterocycles. The predicted molar refractivity (Wildman–Crippen MR) is 81.0 cm³/mol. The van der Waals surface area contributed by atoms with E-state index < -0.39 is 0 Å². The smallest absolute Gasteiger partial charge is 0.124 e. The molecule has 1 aromatic rings. The predicted octanol–water partition coefficient (Wildman–Crippen LogP) is 3.16. The summed E-state index contributed by atoms with van der Waals surface area (Å²) in [6, 6.07) is 5.79. The molecule has 0 aromatic heterocycles. The Balaban J connectivity index is 1.80. The van der Waals surface area contributed by atoms with Crippen LogP contribution in [-0.4, -0.2) is 48.6 Å². The van der Waals surface area contributed by atoms with E-state index in [-0.39, 0.29) is 5.82 Å². The van der Waals surface area contributed by atoms with Crippen molar-refractivity contribution < 1.29 is 4.39 Å². The first-order valence-corrected chi connectivity index (χ1v) is 7.75. The second-order valence-corrected chi connectivity index (χ2v) is 6.41. The molecule has 2 rings (SSSR count). The molecule has 19 heavy (non-hydrogen) atoms. The Labute approximate surface area is 123 Å². The Bertz CT molecular complexity index is 394. The number of nitrogens with zero attached hydrogens (tertiary/aromatic N) is 2. The summed E-state index contributed by atoms with van der Waals surface area (Å²) < 4.78 is 14.1. The average molecular weight is 329 g/mol. The molecule has 0 N–H and O–H groups in total. The van der Waals surface area contributed by atoms with Gasteiger partial charge in [0.1, 0.15) is 5.82 Å². The van der Waals surface area contributed by atoms with E-state index >= 15 is 0 Å². The molecule has 2 nitrogen and oxygen atoms in total. The molecule has 1 aromatic carbocycles. The van der Waals surface area contributed by atoms with Crippen molar-refractivity contribution >= 4 is 15.9 Å². The quantitative estimate of drug-likeness (QED) is 0.837. The minimum Gasteiger partial charge on any atom is -0.300 e. The molecule has 0 radical (unpaired) electrons. The van der Waals surface area contributed by atoms with Gasteiger partial charge >= 0.3 is 0 Å². The summed E-state index contributed by atoms with van der Waals surface area (Å²) in [6.45, 7) is 10.0. The summed E-state index contributed by atoms with van der Waals surface area (Å²) in [4.78, 5) is 4.98. The van der Waals surface area contributed by atoms with Crippen LogP contribution in [0.2, 0.25) is 0 Å². The molecular formula is C15H22BrFN2. The van der Waals surface area contributed by atoms with E-state index in [1.165, 1.54) is 6.07 Å². The van der Waals surface area contributed by atoms with Gasteiger partial charge in [-0.1, -0.05) is 15.9 Å². The molecule has 1 saturated heterocycles. The molecule has 0 aliphatic carbocycles. The topological polar surface area (TPSA) is 6.48 Å². The molecule has 0 atom stereocenters. The Kier molecular flexibility index (Phi) is 5.37. The summed E-state index contributed by atoms with van der Waals surface area (Å²) in [5.41, 5.74) is 1.07. The normalized spacial score (nSPS) is 18.2. The van der Waals surface area contributed by atoms with Crippen molar-refractivity contribution in [1.29, 1.82) is 0 Å². The second kappa shape index (κ2) is 6.82. The van der Waals surface area contributed by atoms with Gasteiger partial charge in [0, 0.05) is 43.2 Å². The SMILES string of the molecule is CC(C)N1CCN(CCc2cc(F)cc(Br)c2)CC1. The van der Waals surface area contributed by atoms with Crippen molar-refractivity contribution in [3.63, 3.8) is 0 Å². The third kappa shape index (κ3) is 4.55. The van der Waals surface area contributed by atoms with Crippen LogP contribution in [0.4, 0.5) is 4.39 Å². The van der Waals surface area contributed by atoms with Crippen LogP contribution in [0.1, 0.15) is 19.4 Å². The largest absolute Gasteiger partial charge is 0.300 e. The molecule has 0 saturated carbocycles. The van der Waals surface area contributed by atoms with E-state index in [0.29, 0.717) is 6.04 Å². The number of piperazine rings is 1. The number of hydrogen-bond acceptors (Lipinski definition) is 2. The van der Waals surface area contributed by atoms with Crippen LogP contribution in [0.5, 0.6) is 0 Å². The lowest BCUT2D eigenvalue weighted by Gasteiger charge is -2.36. The molecule has 0 spiro atoms. The number of hydrogen-bond donors (Lipinski definition) is 0. The van der Waals surface area contributed by atoms with Crippen molar-refractivity contribution in [2.24, 2.45) is 0 Å². The molecule has 0 amide bonds. The Morgan fingerprint density at radius 3 is 2.42 bits per heavy atom. The van der Waals surface area contributed by atoms with Crippen LogP contribution >= 0.6 is 15.9 Å². The minimum atomic E-state index is -0.158. The maximum Gasteiger partial charge on any atom is 0.124 e. The van der Waals surface area contributed by atoms with Crippen molar-refractivity contribution in [2.75, 3.05) is 32.7 Å². The fourth-order valence-electron chi connectivity index (χ4n) is 2.55. The first-order chi connectivity index (χ1) is 9.04. The highest BCUT2D eigenvalue weighted by Crippen LogP contribution is 2.16. The minimum absolute atomic E-state index is 0.158. The Hall–Kier alpha value is -0.450. The highest BCUT2D eigenvalue weighted by atomic mass is 79.9. The maximum absolute atomic E-state index is 13.3. The van der Waals surface area contributed by atoms with Gasteiger partial charge in [0.05, 0.1) is 0 Å². The Morgan fingerprint density at radius 1 is 1.16 bits per heavy atom. The van der Waals surface area contributed by atoms with Crippen LogP contribution in [0.3, 0.4) is 0 Å². The van der Waals surface area contributed by atoms with Crippen molar-refractivity contribution in [1.82, 2.24) is 9.80 Å². The van der Waals surface area contributed by atoms with Crippen molar-refractivity contribution in [3.05, 3.63) is 34.1 Å². The summed E-state index contributed by atoms with van der Waals surface area (Å²) >= 11 is 3.34. The van der Waals surface area contributed by atoms with Crippen molar-refractivity contribution in [3.8, 4) is 0 Å². The van der Waals surface area contributed by atoms with Crippen LogP contribution < -0.4 is 0 Å². The van der Waals surface area contributed by atoms with E-state index in [2.05, 4.69) is 39.6 Å². The van der Waals surface area contributed by atoms with Gasteiger partial charge in [-0.15, -0.1) is 0 Å². The van der Waals surface area contributed by atoms with Crippen LogP contribution in [0.25, 0.3) is 0 Å². The number of rotatable bonds is 4. The van der Waals surface area contributed by atoms with Crippen LogP contribution in [-0.2, 0) is 6.42 Å². The number of halogens is 2. The lowest BCUT2D eigenvalue weighted by molar-refractivity contribution is 0.109. The van der Waals surface area contributed by atoms with Crippen LogP contribution in [0.15, 0.2) is 22.7 Å². The number of benzene rings is 1. The van der Waals surface area contributed by atoms with Gasteiger partial charge in [-0.25, -0.2) is 4.39 Å². The maximum atomic E-state index is 13.3. The zero-order valence-corrected chi connectivity index (χ0v) is 13.3. The lowest BCUT2D eigenvalue weighted by atomic mass is 10.1. The molecular weight excluding hydrogens is 307 g/mol.